The van der Waals surface area contributed by atoms with Gasteiger partial charge in [-0.05, 0) is 50.7 Å². The van der Waals surface area contributed by atoms with Gasteiger partial charge in [0.2, 0.25) is 5.91 Å². The third kappa shape index (κ3) is 3.73. The van der Waals surface area contributed by atoms with Crippen molar-refractivity contribution in [3.63, 3.8) is 0 Å². The van der Waals surface area contributed by atoms with Gasteiger partial charge in [-0.2, -0.15) is 0 Å². The lowest BCUT2D eigenvalue weighted by atomic mass is 10.2. The molecule has 0 bridgehead atoms. The van der Waals surface area contributed by atoms with Crippen molar-refractivity contribution in [2.75, 3.05) is 25.0 Å². The summed E-state index contributed by atoms with van der Waals surface area (Å²) in [5.74, 6) is 1.53. The maximum absolute atomic E-state index is 13.0. The van der Waals surface area contributed by atoms with Crippen molar-refractivity contribution < 1.29 is 4.79 Å². The average Bonchev–Trinajstić information content (AvgIpc) is 3.73. The summed E-state index contributed by atoms with van der Waals surface area (Å²) >= 11 is 0. The van der Waals surface area contributed by atoms with Crippen LogP contribution in [0.25, 0.3) is 22.6 Å². The molecule has 3 fully saturated rings. The first kappa shape index (κ1) is 20.2. The van der Waals surface area contributed by atoms with E-state index >= 15 is 0 Å². The van der Waals surface area contributed by atoms with Crippen molar-refractivity contribution in [1.29, 1.82) is 0 Å². The minimum absolute atomic E-state index is 0.0155. The fraction of sp³-hybridized carbons (Fsp3) is 0.522. The number of carbonyl (C=O) groups excluding carboxylic acids is 1. The second-order valence-electron chi connectivity index (χ2n) is 9.27. The highest BCUT2D eigenvalue weighted by atomic mass is 16.2. The van der Waals surface area contributed by atoms with Gasteiger partial charge in [0.1, 0.15) is 17.2 Å². The molecule has 3 aliphatic rings. The molecule has 172 valence electrons. The van der Waals surface area contributed by atoms with Crippen LogP contribution in [0.1, 0.15) is 57.0 Å². The number of likely N-dealkylation sites (tertiary alicyclic amines) is 1. The molecule has 0 radical (unpaired) electrons. The van der Waals surface area contributed by atoms with Crippen LogP contribution >= 0.6 is 0 Å². The molecule has 2 saturated carbocycles. The van der Waals surface area contributed by atoms with Gasteiger partial charge in [-0.1, -0.05) is 0 Å². The second kappa shape index (κ2) is 7.86. The molecule has 10 nitrogen and oxygen atoms in total. The number of hydrogen-bond acceptors (Lipinski definition) is 6. The van der Waals surface area contributed by atoms with Crippen molar-refractivity contribution >= 4 is 22.9 Å². The van der Waals surface area contributed by atoms with Crippen LogP contribution in [-0.2, 0) is 4.79 Å². The number of H-pyrrole nitrogens is 1. The van der Waals surface area contributed by atoms with Gasteiger partial charge >= 0.3 is 5.69 Å². The summed E-state index contributed by atoms with van der Waals surface area (Å²) < 4.78 is 3.10. The zero-order valence-corrected chi connectivity index (χ0v) is 18.4. The molecule has 2 N–H and O–H groups in total. The van der Waals surface area contributed by atoms with Crippen molar-refractivity contribution in [1.82, 2.24) is 29.0 Å². The summed E-state index contributed by atoms with van der Waals surface area (Å²) in [6.07, 6.45) is 7.83. The molecule has 1 saturated heterocycles. The van der Waals surface area contributed by atoms with E-state index in [4.69, 9.17) is 0 Å². The van der Waals surface area contributed by atoms with Crippen LogP contribution in [0.3, 0.4) is 0 Å². The minimum Gasteiger partial charge on any atom is -0.370 e. The number of nitrogens with one attached hydrogen (secondary N) is 2. The number of anilines is 1. The number of pyridine rings is 1. The molecule has 0 unspecified atom stereocenters. The molecule has 2 aliphatic carbocycles. The van der Waals surface area contributed by atoms with Crippen LogP contribution in [0.2, 0.25) is 0 Å². The standard InChI is InChI=1S/C23H27N7O3/c31-18-3-1-11-28(18)12-2-10-24-17-9-4-14(13-25-17)20-26-19-21(27-20)29(15-5-6-15)23(33)30(22(19)32)16-7-8-16/h4,9,13,15-16H,1-3,5-8,10-12H2,(H,24,25)(H,26,27). The van der Waals surface area contributed by atoms with Gasteiger partial charge in [-0.3, -0.25) is 18.7 Å². The van der Waals surface area contributed by atoms with Crippen LogP contribution in [0.4, 0.5) is 5.82 Å². The molecule has 0 aromatic carbocycles. The van der Waals surface area contributed by atoms with Gasteiger partial charge in [0, 0.05) is 49.9 Å². The highest BCUT2D eigenvalue weighted by Crippen LogP contribution is 2.37. The van der Waals surface area contributed by atoms with E-state index in [1.807, 2.05) is 17.0 Å². The quantitative estimate of drug-likeness (QED) is 0.508. The number of aromatic nitrogens is 5. The van der Waals surface area contributed by atoms with Crippen LogP contribution in [0.15, 0.2) is 27.9 Å². The molecule has 3 aromatic rings. The van der Waals surface area contributed by atoms with E-state index in [1.165, 1.54) is 4.57 Å². The van der Waals surface area contributed by atoms with Crippen LogP contribution < -0.4 is 16.6 Å². The second-order valence-corrected chi connectivity index (χ2v) is 9.27. The molecule has 0 spiro atoms. The SMILES string of the molecule is O=C1CCCN1CCCNc1ccc(-c2nc3c([nH]2)c(=O)n(C2CC2)c(=O)n3C2CC2)cn1. The van der Waals surface area contributed by atoms with Gasteiger partial charge in [0.15, 0.2) is 5.65 Å². The Labute approximate surface area is 189 Å². The van der Waals surface area contributed by atoms with E-state index in [9.17, 15) is 14.4 Å². The number of hydrogen-bond donors (Lipinski definition) is 2. The number of fused-ring (bicyclic) bond motifs is 1. The summed E-state index contributed by atoms with van der Waals surface area (Å²) in [5.41, 5.74) is 1.08. The van der Waals surface area contributed by atoms with Crippen molar-refractivity contribution in [2.45, 2.75) is 57.0 Å². The number of imidazole rings is 1. The Bertz CT molecular complexity index is 1330. The summed E-state index contributed by atoms with van der Waals surface area (Å²) in [5, 5.41) is 3.29. The van der Waals surface area contributed by atoms with Gasteiger partial charge in [-0.15, -0.1) is 0 Å². The fourth-order valence-electron chi connectivity index (χ4n) is 4.62. The lowest BCUT2D eigenvalue weighted by Crippen LogP contribution is -2.39. The van der Waals surface area contributed by atoms with Crippen LogP contribution in [-0.4, -0.2) is 54.5 Å². The van der Waals surface area contributed by atoms with E-state index in [0.29, 0.717) is 23.4 Å². The summed E-state index contributed by atoms with van der Waals surface area (Å²) in [4.78, 5) is 51.9. The summed E-state index contributed by atoms with van der Waals surface area (Å²) in [7, 11) is 0. The predicted octanol–water partition coefficient (Wildman–Crippen LogP) is 2.04. The topological polar surface area (TPSA) is 118 Å². The van der Waals surface area contributed by atoms with Crippen LogP contribution in [0, 0.1) is 0 Å². The molecule has 4 heterocycles. The molecule has 1 aliphatic heterocycles. The average molecular weight is 450 g/mol. The Morgan fingerprint density at radius 2 is 1.85 bits per heavy atom. The maximum Gasteiger partial charge on any atom is 0.333 e. The number of nitrogens with zero attached hydrogens (tertiary/aromatic N) is 5. The molecule has 10 heteroatoms. The Kier molecular flexibility index (Phi) is 4.81. The lowest BCUT2D eigenvalue weighted by Gasteiger charge is -2.15. The van der Waals surface area contributed by atoms with E-state index in [-0.39, 0.29) is 29.2 Å². The first-order valence-electron chi connectivity index (χ1n) is 11.8. The lowest BCUT2D eigenvalue weighted by molar-refractivity contribution is -0.127. The Morgan fingerprint density at radius 1 is 1.06 bits per heavy atom. The van der Waals surface area contributed by atoms with Crippen molar-refractivity contribution in [2.24, 2.45) is 0 Å². The van der Waals surface area contributed by atoms with Gasteiger partial charge < -0.3 is 15.2 Å². The van der Waals surface area contributed by atoms with Gasteiger partial charge in [-0.25, -0.2) is 14.8 Å². The number of rotatable bonds is 8. The van der Waals surface area contributed by atoms with E-state index in [2.05, 4.69) is 20.3 Å². The maximum atomic E-state index is 13.0. The number of aromatic amines is 1. The predicted molar refractivity (Wildman–Crippen MR) is 123 cm³/mol. The summed E-state index contributed by atoms with van der Waals surface area (Å²) in [6.45, 7) is 2.36. The third-order valence-corrected chi connectivity index (χ3v) is 6.70. The molecule has 33 heavy (non-hydrogen) atoms. The normalized spacial score (nSPS) is 18.4. The Balaban J connectivity index is 1.21. The first-order valence-corrected chi connectivity index (χ1v) is 11.8. The molecule has 6 rings (SSSR count). The van der Waals surface area contributed by atoms with E-state index < -0.39 is 0 Å². The van der Waals surface area contributed by atoms with Crippen molar-refractivity contribution in [3.8, 4) is 11.4 Å². The molecule has 1 amide bonds. The zero-order valence-electron chi connectivity index (χ0n) is 18.4. The summed E-state index contributed by atoms with van der Waals surface area (Å²) in [6, 6.07) is 3.92. The smallest absolute Gasteiger partial charge is 0.333 e. The fourth-order valence-corrected chi connectivity index (χ4v) is 4.62. The van der Waals surface area contributed by atoms with E-state index in [1.54, 1.807) is 10.8 Å². The van der Waals surface area contributed by atoms with Crippen molar-refractivity contribution in [3.05, 3.63) is 39.2 Å². The molecular weight excluding hydrogens is 422 g/mol. The first-order chi connectivity index (χ1) is 16.1. The molecule has 3 aromatic heterocycles. The Morgan fingerprint density at radius 3 is 2.52 bits per heavy atom. The number of amides is 1. The zero-order chi connectivity index (χ0) is 22.5. The van der Waals surface area contributed by atoms with Gasteiger partial charge in [0.05, 0.1) is 0 Å². The highest BCUT2D eigenvalue weighted by Gasteiger charge is 2.34. The van der Waals surface area contributed by atoms with Gasteiger partial charge in [0.25, 0.3) is 5.56 Å². The Hall–Kier alpha value is -3.43. The molecular formula is C23H27N7O3. The van der Waals surface area contributed by atoms with Crippen LogP contribution in [0.5, 0.6) is 0 Å². The third-order valence-electron chi connectivity index (χ3n) is 6.70. The minimum atomic E-state index is -0.282. The molecule has 0 atom stereocenters. The largest absolute Gasteiger partial charge is 0.370 e. The van der Waals surface area contributed by atoms with E-state index in [0.717, 1.165) is 69.5 Å². The number of carbonyl (C=O) groups is 1. The highest BCUT2D eigenvalue weighted by molar-refractivity contribution is 5.78. The monoisotopic (exact) mass is 449 g/mol.